The molecule has 0 aliphatic carbocycles. The Kier molecular flexibility index (Phi) is 6.47. The summed E-state index contributed by atoms with van der Waals surface area (Å²) in [4.78, 5) is 10.6. The molecule has 0 amide bonds. The highest BCUT2D eigenvalue weighted by Gasteiger charge is 2.35. The normalized spacial score (nSPS) is 21.5. The molecule has 2 fully saturated rings. The summed E-state index contributed by atoms with van der Waals surface area (Å²) in [7, 11) is 1.79. The summed E-state index contributed by atoms with van der Waals surface area (Å²) in [6.45, 7) is 3.82. The van der Waals surface area contributed by atoms with Crippen molar-refractivity contribution < 1.29 is 9.13 Å². The molecule has 3 heterocycles. The number of aromatic nitrogens is 1. The fraction of sp³-hybridized carbons (Fsp3) is 0.478. The van der Waals surface area contributed by atoms with E-state index < -0.39 is 0 Å². The van der Waals surface area contributed by atoms with Crippen molar-refractivity contribution in [2.45, 2.75) is 30.7 Å². The minimum atomic E-state index is -0.273. The second-order valence-electron chi connectivity index (χ2n) is 8.07. The van der Waals surface area contributed by atoms with Gasteiger partial charge in [0.2, 0.25) is 0 Å². The summed E-state index contributed by atoms with van der Waals surface area (Å²) in [6.07, 6.45) is 4.51. The van der Waals surface area contributed by atoms with Crippen LogP contribution in [0.3, 0.4) is 0 Å². The molecule has 160 valence electrons. The average molecular weight is 412 g/mol. The van der Waals surface area contributed by atoms with E-state index in [-0.39, 0.29) is 17.3 Å². The van der Waals surface area contributed by atoms with Crippen LogP contribution in [0.15, 0.2) is 53.7 Å². The number of hydrogen-bond acceptors (Lipinski definition) is 4. The van der Waals surface area contributed by atoms with Crippen molar-refractivity contribution >= 4 is 11.8 Å². The van der Waals surface area contributed by atoms with Crippen LogP contribution in [0.5, 0.6) is 0 Å². The predicted octanol–water partition coefficient (Wildman–Crippen LogP) is 2.71. The minimum Gasteiger partial charge on any atom is -0.381 e. The monoisotopic (exact) mass is 411 g/mol. The summed E-state index contributed by atoms with van der Waals surface area (Å²) in [5.74, 6) is 0.935. The van der Waals surface area contributed by atoms with Gasteiger partial charge in [-0.05, 0) is 37.0 Å². The molecule has 0 radical (unpaired) electrons. The number of guanidine groups is 1. The van der Waals surface area contributed by atoms with Gasteiger partial charge < -0.3 is 20.3 Å². The van der Waals surface area contributed by atoms with E-state index in [2.05, 4.69) is 50.9 Å². The number of hydrogen-bond donors (Lipinski definition) is 2. The van der Waals surface area contributed by atoms with Gasteiger partial charge in [-0.25, -0.2) is 9.37 Å². The number of anilines is 1. The lowest BCUT2D eigenvalue weighted by atomic mass is 9.74. The third kappa shape index (κ3) is 4.56. The summed E-state index contributed by atoms with van der Waals surface area (Å²) >= 11 is 0. The number of nitrogens with zero attached hydrogens (tertiary/aromatic N) is 3. The number of nitrogens with one attached hydrogen (secondary N) is 2. The van der Waals surface area contributed by atoms with Crippen molar-refractivity contribution in [3.63, 3.8) is 0 Å². The molecular weight excluding hydrogens is 381 g/mol. The molecule has 0 spiro atoms. The van der Waals surface area contributed by atoms with Crippen LogP contribution >= 0.6 is 0 Å². The van der Waals surface area contributed by atoms with Gasteiger partial charge in [-0.15, -0.1) is 0 Å². The van der Waals surface area contributed by atoms with Crippen LogP contribution in [-0.2, 0) is 10.2 Å². The zero-order valence-electron chi connectivity index (χ0n) is 17.5. The topological polar surface area (TPSA) is 61.8 Å². The Morgan fingerprint density at radius 2 is 2.03 bits per heavy atom. The van der Waals surface area contributed by atoms with Gasteiger partial charge >= 0.3 is 0 Å². The fourth-order valence-electron chi connectivity index (χ4n) is 4.44. The molecule has 2 aliphatic heterocycles. The molecule has 2 aromatic rings. The number of benzene rings is 1. The number of ether oxygens (including phenoxy) is 1. The summed E-state index contributed by atoms with van der Waals surface area (Å²) < 4.78 is 19.7. The van der Waals surface area contributed by atoms with Crippen LogP contribution in [-0.4, -0.2) is 56.9 Å². The van der Waals surface area contributed by atoms with Crippen molar-refractivity contribution in [1.29, 1.82) is 0 Å². The van der Waals surface area contributed by atoms with E-state index in [1.807, 2.05) is 4.90 Å². The van der Waals surface area contributed by atoms with Crippen LogP contribution in [0.2, 0.25) is 0 Å². The Hall–Kier alpha value is -2.67. The van der Waals surface area contributed by atoms with Gasteiger partial charge in [-0.1, -0.05) is 30.3 Å². The van der Waals surface area contributed by atoms with Gasteiger partial charge in [-0.3, -0.25) is 4.99 Å². The highest BCUT2D eigenvalue weighted by molar-refractivity contribution is 5.80. The fourth-order valence-corrected chi connectivity index (χ4v) is 4.44. The van der Waals surface area contributed by atoms with E-state index in [9.17, 15) is 4.39 Å². The molecular formula is C23H30FN5O. The Morgan fingerprint density at radius 1 is 1.23 bits per heavy atom. The van der Waals surface area contributed by atoms with Gasteiger partial charge in [0, 0.05) is 57.5 Å². The summed E-state index contributed by atoms with van der Waals surface area (Å²) in [5.41, 5.74) is 1.38. The molecule has 1 aromatic heterocycles. The largest absolute Gasteiger partial charge is 0.381 e. The SMILES string of the molecule is CN=C(NCC1(c2ccccc2)CCOCC1)NC1CCN(c2ncccc2F)C1. The second-order valence-corrected chi connectivity index (χ2v) is 8.07. The molecule has 30 heavy (non-hydrogen) atoms. The molecule has 2 N–H and O–H groups in total. The molecule has 1 unspecified atom stereocenters. The average Bonchev–Trinajstić information content (AvgIpc) is 3.26. The van der Waals surface area contributed by atoms with Gasteiger partial charge in [0.15, 0.2) is 17.6 Å². The van der Waals surface area contributed by atoms with Gasteiger partial charge in [0.1, 0.15) is 0 Å². The van der Waals surface area contributed by atoms with E-state index in [0.717, 1.165) is 51.5 Å². The molecule has 4 rings (SSSR count). The molecule has 0 bridgehead atoms. The van der Waals surface area contributed by atoms with E-state index >= 15 is 0 Å². The number of rotatable bonds is 5. The third-order valence-electron chi connectivity index (χ3n) is 6.22. The van der Waals surface area contributed by atoms with Crippen LogP contribution in [0.4, 0.5) is 10.2 Å². The smallest absolute Gasteiger partial charge is 0.191 e. The Bertz CT molecular complexity index is 854. The maximum atomic E-state index is 14.1. The van der Waals surface area contributed by atoms with E-state index in [0.29, 0.717) is 12.4 Å². The predicted molar refractivity (Wildman–Crippen MR) is 117 cm³/mol. The molecule has 1 aromatic carbocycles. The maximum Gasteiger partial charge on any atom is 0.191 e. The number of pyridine rings is 1. The quantitative estimate of drug-likeness (QED) is 0.585. The van der Waals surface area contributed by atoms with E-state index in [1.165, 1.54) is 11.6 Å². The van der Waals surface area contributed by atoms with Crippen molar-refractivity contribution in [1.82, 2.24) is 15.6 Å². The molecule has 0 saturated carbocycles. The zero-order chi connectivity index (χ0) is 20.8. The lowest BCUT2D eigenvalue weighted by Crippen LogP contribution is -2.50. The van der Waals surface area contributed by atoms with Crippen molar-refractivity contribution in [3.05, 3.63) is 60.0 Å². The molecule has 2 aliphatic rings. The zero-order valence-corrected chi connectivity index (χ0v) is 17.5. The first-order valence-corrected chi connectivity index (χ1v) is 10.7. The van der Waals surface area contributed by atoms with Crippen LogP contribution < -0.4 is 15.5 Å². The first-order valence-electron chi connectivity index (χ1n) is 10.7. The van der Waals surface area contributed by atoms with Crippen molar-refractivity contribution in [2.24, 2.45) is 4.99 Å². The third-order valence-corrected chi connectivity index (χ3v) is 6.22. The molecule has 7 heteroatoms. The van der Waals surface area contributed by atoms with Crippen LogP contribution in [0.25, 0.3) is 0 Å². The molecule has 1 atom stereocenters. The summed E-state index contributed by atoms with van der Waals surface area (Å²) in [6, 6.07) is 13.9. The van der Waals surface area contributed by atoms with E-state index in [4.69, 9.17) is 4.74 Å². The summed E-state index contributed by atoms with van der Waals surface area (Å²) in [5, 5.41) is 7.06. The lowest BCUT2D eigenvalue weighted by molar-refractivity contribution is 0.0513. The first-order chi connectivity index (χ1) is 14.7. The van der Waals surface area contributed by atoms with E-state index in [1.54, 1.807) is 19.3 Å². The Balaban J connectivity index is 1.37. The highest BCUT2D eigenvalue weighted by atomic mass is 19.1. The van der Waals surface area contributed by atoms with Gasteiger partial charge in [0.25, 0.3) is 0 Å². The Labute approximate surface area is 177 Å². The van der Waals surface area contributed by atoms with Gasteiger partial charge in [-0.2, -0.15) is 0 Å². The standard InChI is InChI=1S/C23H30FN5O/c1-25-22(28-19-9-13-29(16-19)21-20(24)8-5-12-26-21)27-17-23(10-14-30-15-11-23)18-6-3-2-4-7-18/h2-8,12,19H,9-11,13-17H2,1H3,(H2,25,27,28). The minimum absolute atomic E-state index is 0.0376. The van der Waals surface area contributed by atoms with Crippen LogP contribution in [0.1, 0.15) is 24.8 Å². The van der Waals surface area contributed by atoms with Gasteiger partial charge in [0.05, 0.1) is 0 Å². The molecule has 6 nitrogen and oxygen atoms in total. The maximum absolute atomic E-state index is 14.1. The van der Waals surface area contributed by atoms with Crippen molar-refractivity contribution in [2.75, 3.05) is 44.8 Å². The number of aliphatic imine (C=N–C) groups is 1. The van der Waals surface area contributed by atoms with Crippen molar-refractivity contribution in [3.8, 4) is 0 Å². The number of halogens is 1. The first kappa shape index (κ1) is 20.6. The second kappa shape index (κ2) is 9.43. The lowest BCUT2D eigenvalue weighted by Gasteiger charge is -2.38. The Morgan fingerprint density at radius 3 is 2.77 bits per heavy atom. The molecule has 2 saturated heterocycles. The highest BCUT2D eigenvalue weighted by Crippen LogP contribution is 2.34. The van der Waals surface area contributed by atoms with Crippen LogP contribution in [0, 0.1) is 5.82 Å².